The average molecular weight is 276 g/mol. The third kappa shape index (κ3) is 3.83. The largest absolute Gasteiger partial charge is 0.343 e. The lowest BCUT2D eigenvalue weighted by molar-refractivity contribution is -0.134. The molecule has 0 aliphatic heterocycles. The van der Waals surface area contributed by atoms with Crippen LogP contribution in [0.5, 0.6) is 0 Å². The molecule has 0 aromatic heterocycles. The molecule has 0 fully saturated rings. The van der Waals surface area contributed by atoms with E-state index >= 15 is 0 Å². The first kappa shape index (κ1) is 16.7. The van der Waals surface area contributed by atoms with Crippen LogP contribution in [0.15, 0.2) is 12.1 Å². The molecule has 0 radical (unpaired) electrons. The van der Waals surface area contributed by atoms with Crippen LogP contribution in [-0.4, -0.2) is 30.4 Å². The van der Waals surface area contributed by atoms with Gasteiger partial charge in [0, 0.05) is 19.6 Å². The number of carbonyl (C=O) groups is 1. The number of nitrogens with zero attached hydrogens (tertiary/aromatic N) is 1. The van der Waals surface area contributed by atoms with Gasteiger partial charge in [-0.15, -0.1) is 0 Å². The summed E-state index contributed by atoms with van der Waals surface area (Å²) in [6.45, 7) is 12.3. The van der Waals surface area contributed by atoms with Crippen molar-refractivity contribution < 1.29 is 4.79 Å². The van der Waals surface area contributed by atoms with E-state index in [0.29, 0.717) is 6.54 Å². The van der Waals surface area contributed by atoms with Crippen molar-refractivity contribution in [2.24, 2.45) is 11.7 Å². The second-order valence-corrected chi connectivity index (χ2v) is 5.51. The standard InChI is InChI=1S/C17H28N2O/c1-6-19(7-2)17(20)16(11-18)10-15-9-13(4)12(3)8-14(15)5/h8-9,16H,6-7,10-11,18H2,1-5H3. The van der Waals surface area contributed by atoms with E-state index in [0.717, 1.165) is 19.5 Å². The first-order valence-electron chi connectivity index (χ1n) is 7.50. The Balaban J connectivity index is 2.94. The van der Waals surface area contributed by atoms with E-state index in [9.17, 15) is 4.79 Å². The van der Waals surface area contributed by atoms with Crippen LogP contribution in [0.1, 0.15) is 36.1 Å². The zero-order valence-electron chi connectivity index (χ0n) is 13.5. The highest BCUT2D eigenvalue weighted by Crippen LogP contribution is 2.19. The van der Waals surface area contributed by atoms with Crippen molar-refractivity contribution in [3.63, 3.8) is 0 Å². The van der Waals surface area contributed by atoms with Gasteiger partial charge < -0.3 is 10.6 Å². The summed E-state index contributed by atoms with van der Waals surface area (Å²) in [5, 5.41) is 0. The minimum Gasteiger partial charge on any atom is -0.343 e. The van der Waals surface area contributed by atoms with E-state index < -0.39 is 0 Å². The molecule has 0 saturated carbocycles. The van der Waals surface area contributed by atoms with Crippen LogP contribution in [-0.2, 0) is 11.2 Å². The van der Waals surface area contributed by atoms with Crippen molar-refractivity contribution >= 4 is 5.91 Å². The molecule has 0 saturated heterocycles. The Morgan fingerprint density at radius 1 is 1.10 bits per heavy atom. The fourth-order valence-corrected chi connectivity index (χ4v) is 2.57. The van der Waals surface area contributed by atoms with E-state index in [4.69, 9.17) is 5.73 Å². The molecule has 112 valence electrons. The molecule has 0 aliphatic carbocycles. The van der Waals surface area contributed by atoms with Gasteiger partial charge in [0.1, 0.15) is 0 Å². The highest BCUT2D eigenvalue weighted by Gasteiger charge is 2.22. The Morgan fingerprint density at radius 2 is 1.65 bits per heavy atom. The van der Waals surface area contributed by atoms with Gasteiger partial charge in [0.2, 0.25) is 5.91 Å². The maximum atomic E-state index is 12.5. The van der Waals surface area contributed by atoms with Crippen LogP contribution in [0.4, 0.5) is 0 Å². The SMILES string of the molecule is CCN(CC)C(=O)C(CN)Cc1cc(C)c(C)cc1C. The molecule has 2 N–H and O–H groups in total. The molecule has 1 aromatic carbocycles. The van der Waals surface area contributed by atoms with Gasteiger partial charge in [0.05, 0.1) is 5.92 Å². The Kier molecular flexibility index (Phi) is 6.21. The summed E-state index contributed by atoms with van der Waals surface area (Å²) >= 11 is 0. The molecular weight excluding hydrogens is 248 g/mol. The van der Waals surface area contributed by atoms with Crippen LogP contribution >= 0.6 is 0 Å². The molecule has 0 bridgehead atoms. The third-order valence-corrected chi connectivity index (χ3v) is 4.13. The van der Waals surface area contributed by atoms with Crippen LogP contribution in [0.2, 0.25) is 0 Å². The van der Waals surface area contributed by atoms with E-state index in [1.807, 2.05) is 18.7 Å². The molecule has 0 spiro atoms. The normalized spacial score (nSPS) is 12.3. The number of rotatable bonds is 6. The predicted octanol–water partition coefficient (Wildman–Crippen LogP) is 2.60. The number of carbonyl (C=O) groups excluding carboxylic acids is 1. The van der Waals surface area contributed by atoms with E-state index in [2.05, 4.69) is 32.9 Å². The number of amides is 1. The van der Waals surface area contributed by atoms with Crippen molar-refractivity contribution in [1.82, 2.24) is 4.90 Å². The highest BCUT2D eigenvalue weighted by atomic mass is 16.2. The average Bonchev–Trinajstić information content (AvgIpc) is 2.42. The van der Waals surface area contributed by atoms with Crippen LogP contribution in [0.25, 0.3) is 0 Å². The summed E-state index contributed by atoms with van der Waals surface area (Å²) in [5.41, 5.74) is 10.9. The summed E-state index contributed by atoms with van der Waals surface area (Å²) in [6, 6.07) is 4.39. The lowest BCUT2D eigenvalue weighted by Crippen LogP contribution is -2.40. The molecule has 1 amide bonds. The number of hydrogen-bond donors (Lipinski definition) is 1. The van der Waals surface area contributed by atoms with Crippen LogP contribution in [0, 0.1) is 26.7 Å². The zero-order chi connectivity index (χ0) is 15.3. The number of nitrogens with two attached hydrogens (primary N) is 1. The van der Waals surface area contributed by atoms with Crippen molar-refractivity contribution in [3.05, 3.63) is 34.4 Å². The topological polar surface area (TPSA) is 46.3 Å². The molecule has 1 atom stereocenters. The number of aryl methyl sites for hydroxylation is 3. The lowest BCUT2D eigenvalue weighted by Gasteiger charge is -2.25. The summed E-state index contributed by atoms with van der Waals surface area (Å²) in [6.07, 6.45) is 0.735. The summed E-state index contributed by atoms with van der Waals surface area (Å²) < 4.78 is 0. The van der Waals surface area contributed by atoms with Crippen molar-refractivity contribution in [3.8, 4) is 0 Å². The van der Waals surface area contributed by atoms with Gasteiger partial charge in [-0.1, -0.05) is 12.1 Å². The van der Waals surface area contributed by atoms with E-state index in [1.54, 1.807) is 0 Å². The molecular formula is C17H28N2O. The van der Waals surface area contributed by atoms with Gasteiger partial charge >= 0.3 is 0 Å². The maximum Gasteiger partial charge on any atom is 0.227 e. The fraction of sp³-hybridized carbons (Fsp3) is 0.588. The molecule has 3 nitrogen and oxygen atoms in total. The smallest absolute Gasteiger partial charge is 0.227 e. The van der Waals surface area contributed by atoms with Gasteiger partial charge in [-0.25, -0.2) is 0 Å². The molecule has 0 aliphatic rings. The Morgan fingerprint density at radius 3 is 2.15 bits per heavy atom. The van der Waals surface area contributed by atoms with Gasteiger partial charge in [-0.3, -0.25) is 4.79 Å². The number of benzene rings is 1. The van der Waals surface area contributed by atoms with Gasteiger partial charge in [-0.05, 0) is 63.3 Å². The minimum atomic E-state index is -0.115. The van der Waals surface area contributed by atoms with Gasteiger partial charge in [0.25, 0.3) is 0 Å². The third-order valence-electron chi connectivity index (χ3n) is 4.13. The predicted molar refractivity (Wildman–Crippen MR) is 84.8 cm³/mol. The molecule has 1 aromatic rings. The van der Waals surface area contributed by atoms with Crippen LogP contribution < -0.4 is 5.73 Å². The Bertz CT molecular complexity index is 464. The molecule has 1 rings (SSSR count). The second-order valence-electron chi connectivity index (χ2n) is 5.51. The quantitative estimate of drug-likeness (QED) is 0.868. The second kappa shape index (κ2) is 7.44. The zero-order valence-corrected chi connectivity index (χ0v) is 13.5. The first-order chi connectivity index (χ1) is 9.44. The molecule has 20 heavy (non-hydrogen) atoms. The summed E-state index contributed by atoms with van der Waals surface area (Å²) in [4.78, 5) is 14.3. The van der Waals surface area contributed by atoms with Crippen molar-refractivity contribution in [2.45, 2.75) is 41.0 Å². The van der Waals surface area contributed by atoms with Gasteiger partial charge in [-0.2, -0.15) is 0 Å². The van der Waals surface area contributed by atoms with E-state index in [1.165, 1.54) is 22.3 Å². The Labute approximate surface area is 123 Å². The van der Waals surface area contributed by atoms with Crippen molar-refractivity contribution in [2.75, 3.05) is 19.6 Å². The monoisotopic (exact) mass is 276 g/mol. The molecule has 1 unspecified atom stereocenters. The number of hydrogen-bond acceptors (Lipinski definition) is 2. The summed E-state index contributed by atoms with van der Waals surface area (Å²) in [7, 11) is 0. The van der Waals surface area contributed by atoms with E-state index in [-0.39, 0.29) is 11.8 Å². The lowest BCUT2D eigenvalue weighted by atomic mass is 9.92. The minimum absolute atomic E-state index is 0.115. The van der Waals surface area contributed by atoms with Gasteiger partial charge in [0.15, 0.2) is 0 Å². The maximum absolute atomic E-state index is 12.5. The summed E-state index contributed by atoms with van der Waals surface area (Å²) in [5.74, 6) is 0.0610. The Hall–Kier alpha value is -1.35. The fourth-order valence-electron chi connectivity index (χ4n) is 2.57. The molecule has 0 heterocycles. The highest BCUT2D eigenvalue weighted by molar-refractivity contribution is 5.79. The molecule has 3 heteroatoms. The first-order valence-corrected chi connectivity index (χ1v) is 7.50. The van der Waals surface area contributed by atoms with Crippen molar-refractivity contribution in [1.29, 1.82) is 0 Å². The van der Waals surface area contributed by atoms with Crippen LogP contribution in [0.3, 0.4) is 0 Å².